The molecule has 0 radical (unpaired) electrons. The van der Waals surface area contributed by atoms with Crippen molar-refractivity contribution in [3.8, 4) is 0 Å². The zero-order valence-corrected chi connectivity index (χ0v) is 12.3. The fraction of sp³-hybridized carbons (Fsp3) is 0.188. The van der Waals surface area contributed by atoms with E-state index in [9.17, 15) is 26.7 Å². The lowest BCUT2D eigenvalue weighted by atomic mass is 9.99. The van der Waals surface area contributed by atoms with Crippen LogP contribution in [0.2, 0.25) is 0 Å². The van der Waals surface area contributed by atoms with Gasteiger partial charge in [0.05, 0.1) is 12.7 Å². The Morgan fingerprint density at radius 2 is 1.42 bits per heavy atom. The molecule has 128 valence electrons. The number of carbonyl (C=O) groups excluding carboxylic acids is 1. The molecule has 24 heavy (non-hydrogen) atoms. The summed E-state index contributed by atoms with van der Waals surface area (Å²) in [6.45, 7) is -0.741. The first kappa shape index (κ1) is 17.9. The maximum atomic E-state index is 14.0. The standard InChI is InChI=1S/C16H11F5O3/c1-23-9(22)7-24-16(8-5-3-2-4-6-8)10-11(17)13(19)15(21)14(20)12(10)18/h2-6,16H,7H2,1H3. The number of hydrogen-bond acceptors (Lipinski definition) is 3. The van der Waals surface area contributed by atoms with Crippen molar-refractivity contribution < 1.29 is 36.2 Å². The lowest BCUT2D eigenvalue weighted by Gasteiger charge is -2.20. The number of esters is 1. The second-order valence-corrected chi connectivity index (χ2v) is 4.66. The zero-order valence-electron chi connectivity index (χ0n) is 12.3. The molecule has 0 amide bonds. The molecule has 3 nitrogen and oxygen atoms in total. The summed E-state index contributed by atoms with van der Waals surface area (Å²) in [5.74, 6) is -11.4. The SMILES string of the molecule is COC(=O)COC(c1ccccc1)c1c(F)c(F)c(F)c(F)c1F. The van der Waals surface area contributed by atoms with Crippen LogP contribution in [0, 0.1) is 29.1 Å². The number of benzene rings is 2. The molecule has 0 saturated heterocycles. The summed E-state index contributed by atoms with van der Waals surface area (Å²) in [6, 6.07) is 7.27. The molecular formula is C16H11F5O3. The summed E-state index contributed by atoms with van der Waals surface area (Å²) < 4.78 is 77.5. The van der Waals surface area contributed by atoms with Crippen molar-refractivity contribution in [1.82, 2.24) is 0 Å². The van der Waals surface area contributed by atoms with Gasteiger partial charge in [0.25, 0.3) is 0 Å². The third kappa shape index (κ3) is 3.38. The van der Waals surface area contributed by atoms with Gasteiger partial charge in [-0.15, -0.1) is 0 Å². The van der Waals surface area contributed by atoms with Crippen LogP contribution in [0.25, 0.3) is 0 Å². The summed E-state index contributed by atoms with van der Waals surface area (Å²) in [6.07, 6.45) is -1.69. The maximum Gasteiger partial charge on any atom is 0.331 e. The van der Waals surface area contributed by atoms with Crippen molar-refractivity contribution in [1.29, 1.82) is 0 Å². The van der Waals surface area contributed by atoms with E-state index in [1.54, 1.807) is 6.07 Å². The van der Waals surface area contributed by atoms with Gasteiger partial charge in [0, 0.05) is 0 Å². The highest BCUT2D eigenvalue weighted by atomic mass is 19.2. The van der Waals surface area contributed by atoms with E-state index in [1.165, 1.54) is 24.3 Å². The monoisotopic (exact) mass is 346 g/mol. The molecular weight excluding hydrogens is 335 g/mol. The Balaban J connectivity index is 2.58. The molecule has 0 saturated carbocycles. The van der Waals surface area contributed by atoms with Gasteiger partial charge < -0.3 is 9.47 Å². The Bertz CT molecular complexity index is 720. The van der Waals surface area contributed by atoms with Gasteiger partial charge in [-0.1, -0.05) is 30.3 Å². The highest BCUT2D eigenvalue weighted by Crippen LogP contribution is 2.33. The fourth-order valence-corrected chi connectivity index (χ4v) is 2.04. The van der Waals surface area contributed by atoms with Crippen molar-refractivity contribution in [2.75, 3.05) is 13.7 Å². The fourth-order valence-electron chi connectivity index (χ4n) is 2.04. The lowest BCUT2D eigenvalue weighted by Crippen LogP contribution is -2.19. The van der Waals surface area contributed by atoms with Gasteiger partial charge in [0.1, 0.15) is 12.7 Å². The Labute approximate surface area is 133 Å². The number of ether oxygens (including phenoxy) is 2. The van der Waals surface area contributed by atoms with Crippen LogP contribution in [0.15, 0.2) is 30.3 Å². The molecule has 0 aliphatic heterocycles. The van der Waals surface area contributed by atoms with Gasteiger partial charge in [-0.25, -0.2) is 26.7 Å². The minimum Gasteiger partial charge on any atom is -0.467 e. The van der Waals surface area contributed by atoms with Crippen LogP contribution < -0.4 is 0 Å². The van der Waals surface area contributed by atoms with E-state index >= 15 is 0 Å². The summed E-state index contributed by atoms with van der Waals surface area (Å²) in [5, 5.41) is 0. The molecule has 0 aromatic heterocycles. The van der Waals surface area contributed by atoms with E-state index < -0.39 is 53.3 Å². The van der Waals surface area contributed by atoms with Gasteiger partial charge in [-0.05, 0) is 5.56 Å². The molecule has 0 heterocycles. The van der Waals surface area contributed by atoms with Crippen LogP contribution in [0.3, 0.4) is 0 Å². The van der Waals surface area contributed by atoms with Gasteiger partial charge in [0.2, 0.25) is 5.82 Å². The van der Waals surface area contributed by atoms with Crippen molar-refractivity contribution >= 4 is 5.97 Å². The van der Waals surface area contributed by atoms with E-state index in [0.717, 1.165) is 7.11 Å². The normalized spacial score (nSPS) is 12.1. The number of methoxy groups -OCH3 is 1. The largest absolute Gasteiger partial charge is 0.467 e. The molecule has 0 spiro atoms. The molecule has 1 unspecified atom stereocenters. The van der Waals surface area contributed by atoms with Crippen LogP contribution in [0.1, 0.15) is 17.2 Å². The third-order valence-electron chi connectivity index (χ3n) is 3.20. The minimum absolute atomic E-state index is 0.101. The van der Waals surface area contributed by atoms with Gasteiger partial charge in [-0.2, -0.15) is 0 Å². The molecule has 2 aromatic rings. The first-order valence-electron chi connectivity index (χ1n) is 6.63. The third-order valence-corrected chi connectivity index (χ3v) is 3.20. The highest BCUT2D eigenvalue weighted by molar-refractivity contribution is 5.70. The Morgan fingerprint density at radius 1 is 0.917 bits per heavy atom. The van der Waals surface area contributed by atoms with E-state index in [1.807, 2.05) is 0 Å². The van der Waals surface area contributed by atoms with Crippen LogP contribution in [-0.4, -0.2) is 19.7 Å². The highest BCUT2D eigenvalue weighted by Gasteiger charge is 2.32. The second-order valence-electron chi connectivity index (χ2n) is 4.66. The van der Waals surface area contributed by atoms with Crippen molar-refractivity contribution in [2.24, 2.45) is 0 Å². The first-order valence-corrected chi connectivity index (χ1v) is 6.63. The summed E-state index contributed by atoms with van der Waals surface area (Å²) in [4.78, 5) is 11.2. The first-order chi connectivity index (χ1) is 11.4. The van der Waals surface area contributed by atoms with Crippen molar-refractivity contribution in [3.63, 3.8) is 0 Å². The van der Waals surface area contributed by atoms with Crippen molar-refractivity contribution in [3.05, 3.63) is 70.5 Å². The van der Waals surface area contributed by atoms with E-state index in [-0.39, 0.29) is 5.56 Å². The number of hydrogen-bond donors (Lipinski definition) is 0. The topological polar surface area (TPSA) is 35.5 Å². The van der Waals surface area contributed by atoms with E-state index in [0.29, 0.717) is 0 Å². The van der Waals surface area contributed by atoms with Gasteiger partial charge in [0.15, 0.2) is 23.3 Å². The molecule has 1 atom stereocenters. The Hall–Kier alpha value is -2.48. The lowest BCUT2D eigenvalue weighted by molar-refractivity contribution is -0.147. The Morgan fingerprint density at radius 3 is 1.92 bits per heavy atom. The number of rotatable bonds is 5. The zero-order chi connectivity index (χ0) is 17.9. The van der Waals surface area contributed by atoms with Crippen LogP contribution >= 0.6 is 0 Å². The quantitative estimate of drug-likeness (QED) is 0.359. The average molecular weight is 346 g/mol. The molecule has 2 rings (SSSR count). The van der Waals surface area contributed by atoms with E-state index in [4.69, 9.17) is 4.74 Å². The Kier molecular flexibility index (Phi) is 5.50. The predicted octanol–water partition coefficient (Wildman–Crippen LogP) is 3.66. The smallest absolute Gasteiger partial charge is 0.331 e. The minimum atomic E-state index is -2.27. The summed E-state index contributed by atoms with van der Waals surface area (Å²) in [7, 11) is 1.06. The molecule has 0 bridgehead atoms. The predicted molar refractivity (Wildman–Crippen MR) is 72.5 cm³/mol. The maximum absolute atomic E-state index is 14.0. The van der Waals surface area contributed by atoms with E-state index in [2.05, 4.69) is 4.74 Å². The van der Waals surface area contributed by atoms with Crippen LogP contribution in [0.5, 0.6) is 0 Å². The summed E-state index contributed by atoms with van der Waals surface area (Å²) in [5.41, 5.74) is -1.08. The molecule has 2 aromatic carbocycles. The van der Waals surface area contributed by atoms with Crippen LogP contribution in [-0.2, 0) is 14.3 Å². The summed E-state index contributed by atoms with van der Waals surface area (Å²) >= 11 is 0. The molecule has 0 aliphatic rings. The number of carbonyl (C=O) groups is 1. The molecule has 0 fully saturated rings. The molecule has 8 heteroatoms. The van der Waals surface area contributed by atoms with Crippen molar-refractivity contribution in [2.45, 2.75) is 6.10 Å². The van der Waals surface area contributed by atoms with Gasteiger partial charge in [-0.3, -0.25) is 0 Å². The van der Waals surface area contributed by atoms with Gasteiger partial charge >= 0.3 is 5.97 Å². The molecule has 0 aliphatic carbocycles. The van der Waals surface area contributed by atoms with Crippen LogP contribution in [0.4, 0.5) is 22.0 Å². The average Bonchev–Trinajstić information content (AvgIpc) is 2.61. The number of halogens is 5. The molecule has 0 N–H and O–H groups in total. The second kappa shape index (κ2) is 7.39.